The van der Waals surface area contributed by atoms with E-state index in [1.54, 1.807) is 24.3 Å². The van der Waals surface area contributed by atoms with Gasteiger partial charge in [-0.3, -0.25) is 4.79 Å². The lowest BCUT2D eigenvalue weighted by Gasteiger charge is -2.08. The fourth-order valence-electron chi connectivity index (χ4n) is 1.57. The van der Waals surface area contributed by atoms with E-state index in [1.807, 2.05) is 0 Å². The predicted octanol–water partition coefficient (Wildman–Crippen LogP) is 2.18. The highest BCUT2D eigenvalue weighted by molar-refractivity contribution is 6.30. The molecule has 0 radical (unpaired) electrons. The number of hydrogen-bond acceptors (Lipinski definition) is 3. The number of benzene rings is 1. The number of carboxylic acid groups (broad SMARTS) is 1. The molecule has 2 aromatic rings. The van der Waals surface area contributed by atoms with E-state index < -0.39 is 5.97 Å². The summed E-state index contributed by atoms with van der Waals surface area (Å²) in [6, 6.07) is 6.64. The molecule has 0 saturated carbocycles. The summed E-state index contributed by atoms with van der Waals surface area (Å²) in [4.78, 5) is 22.2. The van der Waals surface area contributed by atoms with Crippen molar-refractivity contribution in [3.63, 3.8) is 0 Å². The van der Waals surface area contributed by atoms with Crippen LogP contribution in [0.1, 0.15) is 17.3 Å². The molecule has 98 valence electrons. The van der Waals surface area contributed by atoms with Crippen molar-refractivity contribution in [2.45, 2.75) is 6.92 Å². The molecule has 0 aliphatic carbocycles. The van der Waals surface area contributed by atoms with Gasteiger partial charge < -0.3 is 10.4 Å². The van der Waals surface area contributed by atoms with Gasteiger partial charge in [0.15, 0.2) is 5.82 Å². The number of anilines is 1. The molecule has 1 aromatic carbocycles. The van der Waals surface area contributed by atoms with E-state index in [9.17, 15) is 9.59 Å². The summed E-state index contributed by atoms with van der Waals surface area (Å²) in [6.45, 7) is 1.30. The first kappa shape index (κ1) is 13.1. The van der Waals surface area contributed by atoms with Crippen molar-refractivity contribution in [2.75, 3.05) is 5.32 Å². The molecule has 0 bridgehead atoms. The maximum absolute atomic E-state index is 11.2. The van der Waals surface area contributed by atoms with Crippen molar-refractivity contribution in [1.82, 2.24) is 9.78 Å². The van der Waals surface area contributed by atoms with Gasteiger partial charge in [0.1, 0.15) is 5.56 Å². The molecule has 1 amide bonds. The average Bonchev–Trinajstić information content (AvgIpc) is 2.73. The molecule has 0 atom stereocenters. The molecule has 0 saturated heterocycles. The zero-order valence-corrected chi connectivity index (χ0v) is 10.7. The van der Waals surface area contributed by atoms with Crippen LogP contribution in [0.25, 0.3) is 5.69 Å². The summed E-state index contributed by atoms with van der Waals surface area (Å²) in [5.74, 6) is -1.43. The number of carbonyl (C=O) groups excluding carboxylic acids is 1. The standard InChI is InChI=1S/C12H10ClN3O3/c1-7(17)15-11-10(12(18)19)6-14-16(11)9-4-2-8(13)3-5-9/h2-6H,1H3,(H,15,17)(H,18,19). The molecule has 2 rings (SSSR count). The minimum Gasteiger partial charge on any atom is -0.477 e. The summed E-state index contributed by atoms with van der Waals surface area (Å²) in [7, 11) is 0. The van der Waals surface area contributed by atoms with Crippen LogP contribution in [0.2, 0.25) is 5.02 Å². The van der Waals surface area contributed by atoms with Crippen molar-refractivity contribution in [2.24, 2.45) is 0 Å². The zero-order valence-electron chi connectivity index (χ0n) is 9.92. The van der Waals surface area contributed by atoms with Crippen molar-refractivity contribution >= 4 is 29.3 Å². The normalized spacial score (nSPS) is 10.2. The first-order valence-electron chi connectivity index (χ1n) is 5.34. The predicted molar refractivity (Wildman–Crippen MR) is 69.8 cm³/mol. The Morgan fingerprint density at radius 2 is 1.95 bits per heavy atom. The Morgan fingerprint density at radius 3 is 2.47 bits per heavy atom. The molecule has 1 heterocycles. The molecule has 0 spiro atoms. The quantitative estimate of drug-likeness (QED) is 0.902. The smallest absolute Gasteiger partial charge is 0.341 e. The summed E-state index contributed by atoms with van der Waals surface area (Å²) in [5, 5.41) is 16.0. The van der Waals surface area contributed by atoms with Crippen LogP contribution in [0.5, 0.6) is 0 Å². The van der Waals surface area contributed by atoms with Gasteiger partial charge in [-0.15, -0.1) is 0 Å². The lowest BCUT2D eigenvalue weighted by atomic mass is 10.3. The molecule has 0 aliphatic rings. The minimum atomic E-state index is -1.16. The molecule has 1 aromatic heterocycles. The number of carboxylic acids is 1. The number of hydrogen-bond donors (Lipinski definition) is 2. The summed E-state index contributed by atoms with van der Waals surface area (Å²) in [6.07, 6.45) is 1.18. The van der Waals surface area contributed by atoms with Crippen molar-refractivity contribution in [1.29, 1.82) is 0 Å². The van der Waals surface area contributed by atoms with Crippen LogP contribution < -0.4 is 5.32 Å². The van der Waals surface area contributed by atoms with E-state index in [-0.39, 0.29) is 17.3 Å². The highest BCUT2D eigenvalue weighted by Gasteiger charge is 2.18. The SMILES string of the molecule is CC(=O)Nc1c(C(=O)O)cnn1-c1ccc(Cl)cc1. The molecule has 19 heavy (non-hydrogen) atoms. The van der Waals surface area contributed by atoms with Crippen LogP contribution in [-0.4, -0.2) is 26.8 Å². The Morgan fingerprint density at radius 1 is 1.32 bits per heavy atom. The van der Waals surface area contributed by atoms with Crippen LogP contribution in [0.3, 0.4) is 0 Å². The molecule has 6 nitrogen and oxygen atoms in total. The lowest BCUT2D eigenvalue weighted by Crippen LogP contribution is -2.14. The number of rotatable bonds is 3. The van der Waals surface area contributed by atoms with Crippen LogP contribution in [-0.2, 0) is 4.79 Å². The molecular weight excluding hydrogens is 270 g/mol. The third-order valence-corrected chi connectivity index (χ3v) is 2.62. The minimum absolute atomic E-state index is 0.0786. The number of aromatic carboxylic acids is 1. The van der Waals surface area contributed by atoms with Gasteiger partial charge in [-0.25, -0.2) is 9.48 Å². The van der Waals surface area contributed by atoms with Crippen molar-refractivity contribution in [3.8, 4) is 5.69 Å². The first-order valence-corrected chi connectivity index (χ1v) is 5.71. The Labute approximate surface area is 113 Å². The summed E-state index contributed by atoms with van der Waals surface area (Å²) >= 11 is 5.79. The molecule has 0 fully saturated rings. The Hall–Kier alpha value is -2.34. The highest BCUT2D eigenvalue weighted by Crippen LogP contribution is 2.21. The van der Waals surface area contributed by atoms with Gasteiger partial charge in [-0.2, -0.15) is 5.10 Å². The van der Waals surface area contributed by atoms with Gasteiger partial charge in [0.2, 0.25) is 5.91 Å². The number of halogens is 1. The number of aromatic nitrogens is 2. The fraction of sp³-hybridized carbons (Fsp3) is 0.0833. The second-order valence-corrected chi connectivity index (χ2v) is 4.22. The monoisotopic (exact) mass is 279 g/mol. The molecular formula is C12H10ClN3O3. The van der Waals surface area contributed by atoms with Gasteiger partial charge >= 0.3 is 5.97 Å². The number of amides is 1. The maximum atomic E-state index is 11.2. The first-order chi connectivity index (χ1) is 8.99. The zero-order chi connectivity index (χ0) is 14.0. The second kappa shape index (κ2) is 5.11. The van der Waals surface area contributed by atoms with Crippen molar-refractivity contribution in [3.05, 3.63) is 41.0 Å². The number of nitrogens with one attached hydrogen (secondary N) is 1. The van der Waals surface area contributed by atoms with E-state index in [1.165, 1.54) is 17.8 Å². The van der Waals surface area contributed by atoms with Gasteiger partial charge in [-0.1, -0.05) is 11.6 Å². The topological polar surface area (TPSA) is 84.2 Å². The molecule has 7 heteroatoms. The van der Waals surface area contributed by atoms with Gasteiger partial charge in [-0.05, 0) is 24.3 Å². The third-order valence-electron chi connectivity index (χ3n) is 2.37. The van der Waals surface area contributed by atoms with Crippen molar-refractivity contribution < 1.29 is 14.7 Å². The van der Waals surface area contributed by atoms with Crippen LogP contribution in [0, 0.1) is 0 Å². The van der Waals surface area contributed by atoms with E-state index >= 15 is 0 Å². The van der Waals surface area contributed by atoms with E-state index in [0.717, 1.165) is 0 Å². The summed E-state index contributed by atoms with van der Waals surface area (Å²) < 4.78 is 1.33. The van der Waals surface area contributed by atoms with Gasteiger partial charge in [0, 0.05) is 11.9 Å². The molecule has 2 N–H and O–H groups in total. The van der Waals surface area contributed by atoms with E-state index in [0.29, 0.717) is 10.7 Å². The highest BCUT2D eigenvalue weighted by atomic mass is 35.5. The second-order valence-electron chi connectivity index (χ2n) is 3.78. The Bertz CT molecular complexity index is 634. The summed E-state index contributed by atoms with van der Waals surface area (Å²) in [5.41, 5.74) is 0.519. The maximum Gasteiger partial charge on any atom is 0.341 e. The van der Waals surface area contributed by atoms with E-state index in [4.69, 9.17) is 16.7 Å². The largest absolute Gasteiger partial charge is 0.477 e. The molecule has 0 unspecified atom stereocenters. The fourth-order valence-corrected chi connectivity index (χ4v) is 1.70. The number of nitrogens with zero attached hydrogens (tertiary/aromatic N) is 2. The third kappa shape index (κ3) is 2.74. The Balaban J connectivity index is 2.53. The van der Waals surface area contributed by atoms with E-state index in [2.05, 4.69) is 10.4 Å². The van der Waals surface area contributed by atoms with Crippen LogP contribution in [0.4, 0.5) is 5.82 Å². The van der Waals surface area contributed by atoms with Gasteiger partial charge in [0.25, 0.3) is 0 Å². The lowest BCUT2D eigenvalue weighted by molar-refractivity contribution is -0.114. The Kier molecular flexibility index (Phi) is 3.52. The van der Waals surface area contributed by atoms with Crippen LogP contribution >= 0.6 is 11.6 Å². The molecule has 0 aliphatic heterocycles. The van der Waals surface area contributed by atoms with Gasteiger partial charge in [0.05, 0.1) is 11.9 Å². The number of carbonyl (C=O) groups is 2. The van der Waals surface area contributed by atoms with Crippen LogP contribution in [0.15, 0.2) is 30.5 Å². The average molecular weight is 280 g/mol.